The summed E-state index contributed by atoms with van der Waals surface area (Å²) in [6, 6.07) is 17.8. The van der Waals surface area contributed by atoms with Crippen molar-refractivity contribution in [1.82, 2.24) is 0 Å². The summed E-state index contributed by atoms with van der Waals surface area (Å²) in [5.41, 5.74) is 1.96. The van der Waals surface area contributed by atoms with Gasteiger partial charge in [0, 0.05) is 0 Å². The van der Waals surface area contributed by atoms with Crippen LogP contribution in [-0.4, -0.2) is 11.1 Å². The minimum atomic E-state index is -0.426. The zero-order valence-electron chi connectivity index (χ0n) is 15.8. The van der Waals surface area contributed by atoms with Crippen LogP contribution in [0.25, 0.3) is 6.08 Å². The molecule has 4 rings (SSSR count). The molecule has 1 saturated heterocycles. The fourth-order valence-corrected chi connectivity index (χ4v) is 4.01. The normalized spacial score (nSPS) is 15.1. The number of carbonyl (C=O) groups is 2. The molecule has 0 atom stereocenters. The first-order valence-electron chi connectivity index (χ1n) is 9.11. The third-order valence-electron chi connectivity index (χ3n) is 4.45. The predicted octanol–water partition coefficient (Wildman–Crippen LogP) is 6.95. The van der Waals surface area contributed by atoms with E-state index in [1.54, 1.807) is 48.5 Å². The maximum atomic E-state index is 13.0. The van der Waals surface area contributed by atoms with Crippen LogP contribution in [0.3, 0.4) is 0 Å². The zero-order chi connectivity index (χ0) is 22.0. The van der Waals surface area contributed by atoms with Crippen molar-refractivity contribution in [2.75, 3.05) is 4.90 Å². The molecule has 1 aliphatic rings. The van der Waals surface area contributed by atoms with Gasteiger partial charge in [-0.15, -0.1) is 0 Å². The van der Waals surface area contributed by atoms with Gasteiger partial charge in [0.15, 0.2) is 0 Å². The maximum absolute atomic E-state index is 13.0. The first-order valence-corrected chi connectivity index (χ1v) is 10.7. The van der Waals surface area contributed by atoms with Gasteiger partial charge in [0.2, 0.25) is 0 Å². The molecule has 3 aromatic carbocycles. The summed E-state index contributed by atoms with van der Waals surface area (Å²) in [6.07, 6.45) is 1.65. The Labute approximate surface area is 192 Å². The van der Waals surface area contributed by atoms with Crippen LogP contribution < -0.4 is 9.64 Å². The van der Waals surface area contributed by atoms with Gasteiger partial charge < -0.3 is 4.74 Å². The lowest BCUT2D eigenvalue weighted by Crippen LogP contribution is -2.27. The average molecular weight is 474 g/mol. The molecule has 0 saturated carbocycles. The van der Waals surface area contributed by atoms with Gasteiger partial charge in [0.1, 0.15) is 18.2 Å². The molecule has 0 aliphatic carbocycles. The zero-order valence-corrected chi connectivity index (χ0v) is 18.2. The highest BCUT2D eigenvalue weighted by atomic mass is 35.5. The molecule has 1 heterocycles. The van der Waals surface area contributed by atoms with Gasteiger partial charge in [-0.1, -0.05) is 47.5 Å². The van der Waals surface area contributed by atoms with Crippen LogP contribution in [-0.2, 0) is 11.4 Å². The van der Waals surface area contributed by atoms with Gasteiger partial charge in [0.05, 0.1) is 20.6 Å². The van der Waals surface area contributed by atoms with Crippen molar-refractivity contribution >= 4 is 57.9 Å². The molecule has 1 fully saturated rings. The Hall–Kier alpha value is -2.80. The van der Waals surface area contributed by atoms with Crippen molar-refractivity contribution in [3.8, 4) is 5.75 Å². The summed E-state index contributed by atoms with van der Waals surface area (Å²) in [5.74, 6) is -0.0907. The second-order valence-corrected chi connectivity index (χ2v) is 8.41. The van der Waals surface area contributed by atoms with Gasteiger partial charge in [-0.05, 0) is 71.4 Å². The molecule has 31 heavy (non-hydrogen) atoms. The Morgan fingerprint density at radius 3 is 2.32 bits per heavy atom. The standard InChI is InChI=1S/C23H14Cl2FNO3S/c24-19-10-7-17(12-20(19)25)27-22(28)21(31-23(27)29)11-14-3-8-18(9-4-14)30-13-15-1-5-16(26)6-2-15/h1-12H,13H2. The number of rotatable bonds is 5. The lowest BCUT2D eigenvalue weighted by Gasteiger charge is -2.13. The number of hydrogen-bond acceptors (Lipinski definition) is 4. The SMILES string of the molecule is O=C1SC(=Cc2ccc(OCc3ccc(F)cc3)cc2)C(=O)N1c1ccc(Cl)c(Cl)c1. The fourth-order valence-electron chi connectivity index (χ4n) is 2.87. The van der Waals surface area contributed by atoms with Crippen LogP contribution in [0.5, 0.6) is 5.75 Å². The maximum Gasteiger partial charge on any atom is 0.298 e. The smallest absolute Gasteiger partial charge is 0.298 e. The molecule has 1 aliphatic heterocycles. The van der Waals surface area contributed by atoms with Gasteiger partial charge >= 0.3 is 0 Å². The van der Waals surface area contributed by atoms with Gasteiger partial charge in [0.25, 0.3) is 11.1 Å². The number of amides is 2. The molecular weight excluding hydrogens is 460 g/mol. The molecule has 2 amide bonds. The summed E-state index contributed by atoms with van der Waals surface area (Å²) in [5, 5.41) is 0.196. The number of benzene rings is 3. The Bertz CT molecular complexity index is 1180. The summed E-state index contributed by atoms with van der Waals surface area (Å²) in [7, 11) is 0. The van der Waals surface area contributed by atoms with E-state index in [9.17, 15) is 14.0 Å². The van der Waals surface area contributed by atoms with E-state index < -0.39 is 11.1 Å². The van der Waals surface area contributed by atoms with Crippen LogP contribution in [0, 0.1) is 5.82 Å². The van der Waals surface area contributed by atoms with Crippen molar-refractivity contribution in [3.63, 3.8) is 0 Å². The van der Waals surface area contributed by atoms with Gasteiger partial charge in [-0.25, -0.2) is 9.29 Å². The highest BCUT2D eigenvalue weighted by Crippen LogP contribution is 2.37. The molecule has 0 bridgehead atoms. The van der Waals surface area contributed by atoms with Crippen molar-refractivity contribution < 1.29 is 18.7 Å². The largest absolute Gasteiger partial charge is 0.489 e. The second-order valence-electron chi connectivity index (χ2n) is 6.60. The van der Waals surface area contributed by atoms with Gasteiger partial charge in [-0.2, -0.15) is 0 Å². The molecule has 0 N–H and O–H groups in total. The number of carbonyl (C=O) groups excluding carboxylic acids is 2. The van der Waals surface area contributed by atoms with E-state index in [0.717, 1.165) is 27.8 Å². The number of thioether (sulfide) groups is 1. The summed E-state index contributed by atoms with van der Waals surface area (Å²) < 4.78 is 18.7. The summed E-state index contributed by atoms with van der Waals surface area (Å²) >= 11 is 12.8. The monoisotopic (exact) mass is 473 g/mol. The van der Waals surface area contributed by atoms with E-state index in [1.807, 2.05) is 0 Å². The van der Waals surface area contributed by atoms with E-state index in [-0.39, 0.29) is 10.8 Å². The Morgan fingerprint density at radius 1 is 0.935 bits per heavy atom. The predicted molar refractivity (Wildman–Crippen MR) is 122 cm³/mol. The average Bonchev–Trinajstić information content (AvgIpc) is 3.03. The number of nitrogens with zero attached hydrogens (tertiary/aromatic N) is 1. The number of ether oxygens (including phenoxy) is 1. The highest BCUT2D eigenvalue weighted by Gasteiger charge is 2.36. The number of hydrogen-bond donors (Lipinski definition) is 0. The fraction of sp³-hybridized carbons (Fsp3) is 0.0435. The highest BCUT2D eigenvalue weighted by molar-refractivity contribution is 8.19. The molecule has 0 radical (unpaired) electrons. The van der Waals surface area contributed by atoms with Crippen LogP contribution in [0.1, 0.15) is 11.1 Å². The Balaban J connectivity index is 1.45. The van der Waals surface area contributed by atoms with Crippen LogP contribution >= 0.6 is 35.0 Å². The van der Waals surface area contributed by atoms with E-state index >= 15 is 0 Å². The minimum absolute atomic E-state index is 0.262. The van der Waals surface area contributed by atoms with Crippen molar-refractivity contribution in [2.45, 2.75) is 6.61 Å². The number of anilines is 1. The number of halogens is 3. The van der Waals surface area contributed by atoms with E-state index in [1.165, 1.54) is 24.3 Å². The van der Waals surface area contributed by atoms with E-state index in [2.05, 4.69) is 0 Å². The quantitative estimate of drug-likeness (QED) is 0.376. The van der Waals surface area contributed by atoms with Crippen LogP contribution in [0.15, 0.2) is 71.6 Å². The topological polar surface area (TPSA) is 46.6 Å². The van der Waals surface area contributed by atoms with Crippen molar-refractivity contribution in [2.24, 2.45) is 0 Å². The van der Waals surface area contributed by atoms with Gasteiger partial charge in [-0.3, -0.25) is 9.59 Å². The molecule has 156 valence electrons. The summed E-state index contributed by atoms with van der Waals surface area (Å²) in [4.78, 5) is 26.5. The Kier molecular flexibility index (Phi) is 6.32. The third kappa shape index (κ3) is 4.93. The molecule has 0 unspecified atom stereocenters. The van der Waals surface area contributed by atoms with E-state index in [0.29, 0.717) is 28.0 Å². The van der Waals surface area contributed by atoms with Crippen LogP contribution in [0.4, 0.5) is 14.9 Å². The molecule has 3 aromatic rings. The third-order valence-corrected chi connectivity index (χ3v) is 6.06. The second kappa shape index (κ2) is 9.14. The minimum Gasteiger partial charge on any atom is -0.489 e. The van der Waals surface area contributed by atoms with Crippen molar-refractivity contribution in [1.29, 1.82) is 0 Å². The lowest BCUT2D eigenvalue weighted by atomic mass is 10.2. The summed E-state index contributed by atoms with van der Waals surface area (Å²) in [6.45, 7) is 0.308. The molecular formula is C23H14Cl2FNO3S. The van der Waals surface area contributed by atoms with E-state index in [4.69, 9.17) is 27.9 Å². The first kappa shape index (κ1) is 21.4. The molecule has 8 heteroatoms. The molecule has 4 nitrogen and oxygen atoms in total. The lowest BCUT2D eigenvalue weighted by molar-refractivity contribution is -0.113. The molecule has 0 spiro atoms. The first-order chi connectivity index (χ1) is 14.9. The van der Waals surface area contributed by atoms with Crippen LogP contribution in [0.2, 0.25) is 10.0 Å². The molecule has 0 aromatic heterocycles. The van der Waals surface area contributed by atoms with Crippen molar-refractivity contribution in [3.05, 3.63) is 98.6 Å². The Morgan fingerprint density at radius 2 is 1.65 bits per heavy atom. The number of imide groups is 1.